The molecule has 0 amide bonds. The molecule has 184 valence electrons. The first-order valence-corrected chi connectivity index (χ1v) is 13.0. The van der Waals surface area contributed by atoms with Crippen molar-refractivity contribution in [1.82, 2.24) is 0 Å². The van der Waals surface area contributed by atoms with E-state index in [-0.39, 0.29) is 18.0 Å². The molecule has 4 bridgehead atoms. The van der Waals surface area contributed by atoms with Crippen molar-refractivity contribution in [3.8, 4) is 16.9 Å². The summed E-state index contributed by atoms with van der Waals surface area (Å²) in [5.41, 5.74) is 4.88. The molecule has 4 nitrogen and oxygen atoms in total. The predicted octanol–water partition coefficient (Wildman–Crippen LogP) is 6.85. The number of carbonyl (C=O) groups excluding carboxylic acids is 2. The number of rotatable bonds is 8. The molecular formula is C32H32O4. The van der Waals surface area contributed by atoms with Crippen LogP contribution in [0.5, 0.6) is 5.75 Å². The average Bonchev–Trinajstić information content (AvgIpc) is 2.91. The molecule has 0 spiro atoms. The Morgan fingerprint density at radius 2 is 1.58 bits per heavy atom. The fourth-order valence-electron chi connectivity index (χ4n) is 7.61. The number of ketones is 1. The van der Waals surface area contributed by atoms with Gasteiger partial charge in [0.05, 0.1) is 5.56 Å². The van der Waals surface area contributed by atoms with Crippen molar-refractivity contribution in [2.24, 2.45) is 17.8 Å². The summed E-state index contributed by atoms with van der Waals surface area (Å²) in [6.07, 6.45) is 8.34. The van der Waals surface area contributed by atoms with Crippen LogP contribution in [0.3, 0.4) is 0 Å². The third-order valence-electron chi connectivity index (χ3n) is 8.66. The Morgan fingerprint density at radius 1 is 0.889 bits per heavy atom. The van der Waals surface area contributed by atoms with Gasteiger partial charge < -0.3 is 9.47 Å². The topological polar surface area (TPSA) is 52.6 Å². The van der Waals surface area contributed by atoms with Crippen LogP contribution in [0.25, 0.3) is 11.1 Å². The van der Waals surface area contributed by atoms with Gasteiger partial charge in [0.2, 0.25) is 0 Å². The maximum Gasteiger partial charge on any atom is 0.196 e. The molecule has 3 aromatic carbocycles. The molecule has 7 rings (SSSR count). The molecule has 4 fully saturated rings. The molecule has 0 unspecified atom stereocenters. The van der Waals surface area contributed by atoms with Gasteiger partial charge in [-0.3, -0.25) is 9.59 Å². The summed E-state index contributed by atoms with van der Waals surface area (Å²) in [4.78, 5) is 25.5. The standard InChI is InChI=1S/C32H32O4/c1-35-20-36-31-28(30(34)25-7-3-2-4-8-25)14-27(26-9-5-6-21(13-26)19-33)15-29(31)32-16-22-10-23(17-32)12-24(11-22)18-32/h2-9,13-15,19,22-24H,10-12,16-18,20H2,1H3. The zero-order valence-corrected chi connectivity index (χ0v) is 20.7. The number of carbonyl (C=O) groups is 2. The monoisotopic (exact) mass is 480 g/mol. The lowest BCUT2D eigenvalue weighted by Crippen LogP contribution is -2.48. The van der Waals surface area contributed by atoms with Crippen LogP contribution < -0.4 is 4.74 Å². The molecule has 4 heteroatoms. The number of methoxy groups -OCH3 is 1. The highest BCUT2D eigenvalue weighted by Crippen LogP contribution is 2.62. The Balaban J connectivity index is 1.57. The van der Waals surface area contributed by atoms with Crippen LogP contribution in [-0.4, -0.2) is 26.0 Å². The lowest BCUT2D eigenvalue weighted by molar-refractivity contribution is -0.00887. The predicted molar refractivity (Wildman–Crippen MR) is 139 cm³/mol. The zero-order chi connectivity index (χ0) is 24.7. The van der Waals surface area contributed by atoms with Gasteiger partial charge in [-0.2, -0.15) is 0 Å². The number of hydrogen-bond donors (Lipinski definition) is 0. The maximum atomic E-state index is 13.9. The van der Waals surface area contributed by atoms with Crippen LogP contribution in [-0.2, 0) is 10.2 Å². The van der Waals surface area contributed by atoms with Crippen LogP contribution in [0.4, 0.5) is 0 Å². The Kier molecular flexibility index (Phi) is 6.00. The second-order valence-corrected chi connectivity index (χ2v) is 11.1. The highest BCUT2D eigenvalue weighted by Gasteiger charge is 2.53. The Morgan fingerprint density at radius 3 is 2.22 bits per heavy atom. The summed E-state index contributed by atoms with van der Waals surface area (Å²) in [5, 5.41) is 0. The van der Waals surface area contributed by atoms with Gasteiger partial charge >= 0.3 is 0 Å². The minimum atomic E-state index is -0.0546. The summed E-state index contributed by atoms with van der Waals surface area (Å²) in [6, 6.07) is 21.2. The van der Waals surface area contributed by atoms with E-state index in [9.17, 15) is 9.59 Å². The van der Waals surface area contributed by atoms with Crippen LogP contribution in [0.15, 0.2) is 66.7 Å². The number of aldehydes is 1. The maximum absolute atomic E-state index is 13.9. The summed E-state index contributed by atoms with van der Waals surface area (Å²) in [5.74, 6) is 2.87. The van der Waals surface area contributed by atoms with Crippen molar-refractivity contribution in [3.63, 3.8) is 0 Å². The SMILES string of the molecule is COCOc1c(C(=O)c2ccccc2)cc(-c2cccc(C=O)c2)cc1C12CC3CC(CC(C3)C1)C2. The first kappa shape index (κ1) is 23.2. The van der Waals surface area contributed by atoms with E-state index in [1.165, 1.54) is 19.3 Å². The van der Waals surface area contributed by atoms with Crippen molar-refractivity contribution in [2.75, 3.05) is 13.9 Å². The van der Waals surface area contributed by atoms with E-state index in [1.54, 1.807) is 7.11 Å². The van der Waals surface area contributed by atoms with Gasteiger partial charge in [0.1, 0.15) is 12.0 Å². The smallest absolute Gasteiger partial charge is 0.196 e. The first-order valence-electron chi connectivity index (χ1n) is 13.0. The number of benzene rings is 3. The fourth-order valence-corrected chi connectivity index (χ4v) is 7.61. The average molecular weight is 481 g/mol. The molecule has 0 N–H and O–H groups in total. The van der Waals surface area contributed by atoms with Gasteiger partial charge in [-0.1, -0.05) is 48.5 Å². The van der Waals surface area contributed by atoms with Gasteiger partial charge in [0.15, 0.2) is 12.6 Å². The molecule has 0 saturated heterocycles. The van der Waals surface area contributed by atoms with Gasteiger partial charge in [0.25, 0.3) is 0 Å². The lowest BCUT2D eigenvalue weighted by atomic mass is 9.48. The third kappa shape index (κ3) is 4.08. The quantitative estimate of drug-likeness (QED) is 0.201. The van der Waals surface area contributed by atoms with Gasteiger partial charge in [-0.25, -0.2) is 0 Å². The van der Waals surface area contributed by atoms with Crippen LogP contribution in [0.2, 0.25) is 0 Å². The normalized spacial score (nSPS) is 26.1. The van der Waals surface area contributed by atoms with Crippen molar-refractivity contribution < 1.29 is 19.1 Å². The van der Waals surface area contributed by atoms with Crippen molar-refractivity contribution in [1.29, 1.82) is 0 Å². The van der Waals surface area contributed by atoms with Crippen LogP contribution in [0, 0.1) is 17.8 Å². The molecule has 36 heavy (non-hydrogen) atoms. The van der Waals surface area contributed by atoms with E-state index >= 15 is 0 Å². The molecule has 0 aromatic heterocycles. The summed E-state index contributed by atoms with van der Waals surface area (Å²) in [6.45, 7) is 0.0917. The molecule has 3 aromatic rings. The Hall–Kier alpha value is -3.24. The molecule has 0 atom stereocenters. The van der Waals surface area contributed by atoms with Crippen molar-refractivity contribution in [2.45, 2.75) is 43.9 Å². The van der Waals surface area contributed by atoms with Crippen LogP contribution >= 0.6 is 0 Å². The molecule has 4 aliphatic rings. The second-order valence-electron chi connectivity index (χ2n) is 11.1. The summed E-state index contributed by atoms with van der Waals surface area (Å²) in [7, 11) is 1.61. The number of ether oxygens (including phenoxy) is 2. The van der Waals surface area contributed by atoms with E-state index in [2.05, 4.69) is 6.07 Å². The zero-order valence-electron chi connectivity index (χ0n) is 20.7. The Bertz CT molecular complexity index is 1260. The van der Waals surface area contributed by atoms with E-state index in [0.29, 0.717) is 22.4 Å². The molecule has 0 heterocycles. The molecular weight excluding hydrogens is 448 g/mol. The first-order chi connectivity index (χ1) is 17.6. The van der Waals surface area contributed by atoms with E-state index in [4.69, 9.17) is 9.47 Å². The lowest BCUT2D eigenvalue weighted by Gasteiger charge is -2.57. The minimum Gasteiger partial charge on any atom is -0.466 e. The third-order valence-corrected chi connectivity index (χ3v) is 8.66. The largest absolute Gasteiger partial charge is 0.466 e. The van der Waals surface area contributed by atoms with E-state index in [0.717, 1.165) is 60.0 Å². The van der Waals surface area contributed by atoms with Gasteiger partial charge in [-0.15, -0.1) is 0 Å². The highest BCUT2D eigenvalue weighted by atomic mass is 16.7. The highest BCUT2D eigenvalue weighted by molar-refractivity contribution is 6.11. The Labute approximate surface area is 212 Å². The second kappa shape index (κ2) is 9.33. The van der Waals surface area contributed by atoms with E-state index < -0.39 is 0 Å². The molecule has 0 radical (unpaired) electrons. The minimum absolute atomic E-state index is 0.0157. The van der Waals surface area contributed by atoms with Gasteiger partial charge in [0, 0.05) is 23.8 Å². The summed E-state index contributed by atoms with van der Waals surface area (Å²) >= 11 is 0. The van der Waals surface area contributed by atoms with Crippen LogP contribution in [0.1, 0.15) is 70.4 Å². The summed E-state index contributed by atoms with van der Waals surface area (Å²) < 4.78 is 11.6. The van der Waals surface area contributed by atoms with Gasteiger partial charge in [-0.05, 0) is 91.0 Å². The van der Waals surface area contributed by atoms with Crippen molar-refractivity contribution in [3.05, 3.63) is 89.0 Å². The van der Waals surface area contributed by atoms with Crippen molar-refractivity contribution >= 4 is 12.1 Å². The molecule has 4 aliphatic carbocycles. The molecule has 0 aliphatic heterocycles. The molecule has 4 saturated carbocycles. The fraction of sp³-hybridized carbons (Fsp3) is 0.375. The van der Waals surface area contributed by atoms with E-state index in [1.807, 2.05) is 60.7 Å². The number of hydrogen-bond acceptors (Lipinski definition) is 4.